The van der Waals surface area contributed by atoms with E-state index in [0.717, 1.165) is 11.4 Å². The van der Waals surface area contributed by atoms with Gasteiger partial charge in [0, 0.05) is 16.1 Å². The molecule has 3 nitrogen and oxygen atoms in total. The summed E-state index contributed by atoms with van der Waals surface area (Å²) in [4.78, 5) is 0. The number of H-pyrrole nitrogens is 1. The van der Waals surface area contributed by atoms with E-state index in [4.69, 9.17) is 23.8 Å². The van der Waals surface area contributed by atoms with Gasteiger partial charge in [0.25, 0.3) is 0 Å². The molecule has 5 heteroatoms. The lowest BCUT2D eigenvalue weighted by Gasteiger charge is -2.22. The minimum Gasteiger partial charge on any atom is -0.295 e. The Morgan fingerprint density at radius 1 is 1.35 bits per heavy atom. The Balaban J connectivity index is 2.66. The summed E-state index contributed by atoms with van der Waals surface area (Å²) < 4.78 is 2.61. The van der Waals surface area contributed by atoms with Gasteiger partial charge in [-0.2, -0.15) is 5.10 Å². The largest absolute Gasteiger partial charge is 0.295 e. The molecule has 1 N–H and O–H groups in total. The number of halogens is 1. The van der Waals surface area contributed by atoms with Crippen LogP contribution in [0.15, 0.2) is 24.3 Å². The van der Waals surface area contributed by atoms with Gasteiger partial charge >= 0.3 is 0 Å². The number of nitrogens with zero attached hydrogens (tertiary/aromatic N) is 2. The molecule has 1 aromatic carbocycles. The molecule has 0 spiro atoms. The van der Waals surface area contributed by atoms with E-state index in [1.165, 1.54) is 0 Å². The first kappa shape index (κ1) is 12.3. The molecule has 0 unspecified atom stereocenters. The quantitative estimate of drug-likeness (QED) is 0.792. The van der Waals surface area contributed by atoms with Crippen molar-refractivity contribution in [3.8, 4) is 11.4 Å². The lowest BCUT2D eigenvalue weighted by molar-refractivity contribution is 0.395. The van der Waals surface area contributed by atoms with Gasteiger partial charge in [0.15, 0.2) is 10.6 Å². The molecule has 0 fully saturated rings. The molecule has 0 saturated carbocycles. The van der Waals surface area contributed by atoms with Crippen molar-refractivity contribution < 1.29 is 0 Å². The Bertz CT molecular complexity index is 592. The zero-order valence-electron chi connectivity index (χ0n) is 9.99. The van der Waals surface area contributed by atoms with Gasteiger partial charge < -0.3 is 0 Å². The normalized spacial score (nSPS) is 11.8. The third kappa shape index (κ3) is 2.42. The van der Waals surface area contributed by atoms with Gasteiger partial charge in [0.2, 0.25) is 0 Å². The van der Waals surface area contributed by atoms with Gasteiger partial charge in [-0.05, 0) is 45.1 Å². The van der Waals surface area contributed by atoms with Crippen LogP contribution >= 0.6 is 23.8 Å². The molecule has 0 aliphatic carbocycles. The van der Waals surface area contributed by atoms with E-state index >= 15 is 0 Å². The van der Waals surface area contributed by atoms with Crippen LogP contribution in [0.2, 0.25) is 5.02 Å². The summed E-state index contributed by atoms with van der Waals surface area (Å²) >= 11 is 11.3. The van der Waals surface area contributed by atoms with Gasteiger partial charge in [-0.1, -0.05) is 23.7 Å². The number of benzene rings is 1. The Kier molecular flexibility index (Phi) is 3.10. The molecule has 0 radical (unpaired) electrons. The van der Waals surface area contributed by atoms with Crippen LogP contribution < -0.4 is 0 Å². The molecular weight excluding hydrogens is 254 g/mol. The average Bonchev–Trinajstić information content (AvgIpc) is 2.59. The monoisotopic (exact) mass is 267 g/mol. The van der Waals surface area contributed by atoms with Crippen molar-refractivity contribution in [1.82, 2.24) is 14.8 Å². The van der Waals surface area contributed by atoms with E-state index in [-0.39, 0.29) is 5.54 Å². The van der Waals surface area contributed by atoms with E-state index in [1.54, 1.807) is 0 Å². The van der Waals surface area contributed by atoms with Crippen LogP contribution in [0, 0.1) is 4.77 Å². The second-order valence-electron chi connectivity index (χ2n) is 4.87. The number of aromatic nitrogens is 3. The third-order valence-corrected chi connectivity index (χ3v) is 2.93. The molecule has 2 aromatic rings. The average molecular weight is 268 g/mol. The zero-order chi connectivity index (χ0) is 12.6. The summed E-state index contributed by atoms with van der Waals surface area (Å²) in [5.41, 5.74) is 0.835. The number of nitrogens with one attached hydrogen (secondary N) is 1. The molecule has 1 heterocycles. The van der Waals surface area contributed by atoms with Gasteiger partial charge in [0.05, 0.1) is 0 Å². The topological polar surface area (TPSA) is 33.6 Å². The van der Waals surface area contributed by atoms with Crippen molar-refractivity contribution in [2.45, 2.75) is 26.3 Å². The summed E-state index contributed by atoms with van der Waals surface area (Å²) in [5, 5.41) is 7.81. The van der Waals surface area contributed by atoms with Crippen molar-refractivity contribution >= 4 is 23.8 Å². The molecule has 0 atom stereocenters. The van der Waals surface area contributed by atoms with Crippen LogP contribution in [0.5, 0.6) is 0 Å². The van der Waals surface area contributed by atoms with Crippen LogP contribution in [0.25, 0.3) is 11.4 Å². The molecule has 2 rings (SSSR count). The van der Waals surface area contributed by atoms with Crippen molar-refractivity contribution in [3.05, 3.63) is 34.1 Å². The lowest BCUT2D eigenvalue weighted by Crippen LogP contribution is -2.22. The number of hydrogen-bond acceptors (Lipinski definition) is 2. The molecule has 0 aliphatic rings. The van der Waals surface area contributed by atoms with Crippen LogP contribution in [0.3, 0.4) is 0 Å². The van der Waals surface area contributed by atoms with E-state index in [0.29, 0.717) is 9.79 Å². The fraction of sp³-hybridized carbons (Fsp3) is 0.333. The van der Waals surface area contributed by atoms with Crippen LogP contribution in [0.1, 0.15) is 20.8 Å². The van der Waals surface area contributed by atoms with Crippen molar-refractivity contribution in [2.24, 2.45) is 0 Å². The first-order chi connectivity index (χ1) is 7.89. The van der Waals surface area contributed by atoms with Crippen LogP contribution in [0.4, 0.5) is 0 Å². The standard InChI is InChI=1S/C12H14ClN3S/c1-12(2,3)16-10(14-15-11(16)17)8-5-4-6-9(13)7-8/h4-7H,1-3H3,(H,15,17). The molecule has 0 bridgehead atoms. The molecule has 1 aromatic heterocycles. The summed E-state index contributed by atoms with van der Waals surface area (Å²) in [6.07, 6.45) is 0. The second kappa shape index (κ2) is 4.27. The summed E-state index contributed by atoms with van der Waals surface area (Å²) in [6, 6.07) is 7.60. The number of aromatic amines is 1. The molecule has 17 heavy (non-hydrogen) atoms. The number of hydrogen-bond donors (Lipinski definition) is 1. The number of rotatable bonds is 1. The van der Waals surface area contributed by atoms with Crippen molar-refractivity contribution in [1.29, 1.82) is 0 Å². The summed E-state index contributed by atoms with van der Waals surface area (Å²) in [6.45, 7) is 6.27. The predicted molar refractivity (Wildman–Crippen MR) is 72.9 cm³/mol. The minimum atomic E-state index is -0.123. The van der Waals surface area contributed by atoms with Gasteiger partial charge in [-0.3, -0.25) is 9.67 Å². The highest BCUT2D eigenvalue weighted by molar-refractivity contribution is 7.71. The molecule has 0 amide bonds. The molecule has 90 valence electrons. The second-order valence-corrected chi connectivity index (χ2v) is 5.69. The molecular formula is C12H14ClN3S. The van der Waals surface area contributed by atoms with E-state index in [1.807, 2.05) is 28.8 Å². The molecule has 0 aliphatic heterocycles. The van der Waals surface area contributed by atoms with Crippen molar-refractivity contribution in [2.75, 3.05) is 0 Å². The maximum Gasteiger partial charge on any atom is 0.195 e. The Hall–Kier alpha value is -1.13. The predicted octanol–water partition coefficient (Wildman–Crippen LogP) is 4.02. The first-order valence-electron chi connectivity index (χ1n) is 5.33. The fourth-order valence-corrected chi connectivity index (χ4v) is 2.34. The Morgan fingerprint density at radius 2 is 2.06 bits per heavy atom. The van der Waals surface area contributed by atoms with E-state index in [2.05, 4.69) is 31.0 Å². The highest BCUT2D eigenvalue weighted by atomic mass is 35.5. The summed E-state index contributed by atoms with van der Waals surface area (Å²) in [5.74, 6) is 0.810. The van der Waals surface area contributed by atoms with E-state index < -0.39 is 0 Å². The minimum absolute atomic E-state index is 0.123. The summed E-state index contributed by atoms with van der Waals surface area (Å²) in [7, 11) is 0. The van der Waals surface area contributed by atoms with Gasteiger partial charge in [-0.25, -0.2) is 0 Å². The first-order valence-corrected chi connectivity index (χ1v) is 6.12. The fourth-order valence-electron chi connectivity index (χ4n) is 1.74. The highest BCUT2D eigenvalue weighted by Gasteiger charge is 2.20. The Morgan fingerprint density at radius 3 is 2.65 bits per heavy atom. The zero-order valence-corrected chi connectivity index (χ0v) is 11.6. The Labute approximate surface area is 110 Å². The maximum atomic E-state index is 5.99. The van der Waals surface area contributed by atoms with Crippen molar-refractivity contribution in [3.63, 3.8) is 0 Å². The van der Waals surface area contributed by atoms with Gasteiger partial charge in [0.1, 0.15) is 0 Å². The van der Waals surface area contributed by atoms with Crippen LogP contribution in [-0.4, -0.2) is 14.8 Å². The maximum absolute atomic E-state index is 5.99. The smallest absolute Gasteiger partial charge is 0.195 e. The third-order valence-electron chi connectivity index (χ3n) is 2.43. The van der Waals surface area contributed by atoms with Gasteiger partial charge in [-0.15, -0.1) is 0 Å². The van der Waals surface area contributed by atoms with Crippen LogP contribution in [-0.2, 0) is 5.54 Å². The lowest BCUT2D eigenvalue weighted by atomic mass is 10.1. The highest BCUT2D eigenvalue weighted by Crippen LogP contribution is 2.26. The molecule has 0 saturated heterocycles. The van der Waals surface area contributed by atoms with E-state index in [9.17, 15) is 0 Å². The SMILES string of the molecule is CC(C)(C)n1c(-c2cccc(Cl)c2)n[nH]c1=S.